The number of carbonyl (C=O) groups is 1. The molecule has 2 aromatic heterocycles. The molecule has 8 heteroatoms. The van der Waals surface area contributed by atoms with E-state index in [-0.39, 0.29) is 5.88 Å². The molecule has 0 amide bonds. The molecule has 3 rings (SSSR count). The van der Waals surface area contributed by atoms with Crippen LogP contribution in [0.4, 0.5) is 5.69 Å². The summed E-state index contributed by atoms with van der Waals surface area (Å²) in [6.07, 6.45) is 3.52. The number of piperazine rings is 1. The van der Waals surface area contributed by atoms with Crippen molar-refractivity contribution in [3.63, 3.8) is 0 Å². The number of carboxylic acid groups (broad SMARTS) is 1. The van der Waals surface area contributed by atoms with Crippen LogP contribution >= 0.6 is 0 Å². The minimum Gasteiger partial charge on any atom is -0.481 e. The van der Waals surface area contributed by atoms with E-state index < -0.39 is 12.0 Å². The van der Waals surface area contributed by atoms with Crippen molar-refractivity contribution in [3.05, 3.63) is 42.2 Å². The predicted molar refractivity (Wildman–Crippen MR) is 95.7 cm³/mol. The summed E-state index contributed by atoms with van der Waals surface area (Å²) in [5.74, 6) is -0.266. The maximum absolute atomic E-state index is 12.0. The van der Waals surface area contributed by atoms with Crippen molar-refractivity contribution in [2.24, 2.45) is 0 Å². The third-order valence-corrected chi connectivity index (χ3v) is 4.50. The largest absolute Gasteiger partial charge is 0.481 e. The molecule has 0 bridgehead atoms. The van der Waals surface area contributed by atoms with E-state index in [2.05, 4.69) is 14.9 Å². The molecule has 1 aliphatic heterocycles. The van der Waals surface area contributed by atoms with Gasteiger partial charge in [0.05, 0.1) is 14.2 Å². The summed E-state index contributed by atoms with van der Waals surface area (Å²) in [5, 5.41) is 9.83. The zero-order valence-electron chi connectivity index (χ0n) is 14.8. The van der Waals surface area contributed by atoms with Crippen molar-refractivity contribution in [2.45, 2.75) is 6.04 Å². The quantitative estimate of drug-likeness (QED) is 0.830. The minimum atomic E-state index is -0.923. The lowest BCUT2D eigenvalue weighted by molar-refractivity contribution is -0.143. The number of hydrogen-bond acceptors (Lipinski definition) is 7. The third kappa shape index (κ3) is 3.70. The highest BCUT2D eigenvalue weighted by atomic mass is 16.5. The molecule has 0 saturated carbocycles. The number of pyridine rings is 2. The number of anilines is 1. The van der Waals surface area contributed by atoms with E-state index in [9.17, 15) is 9.90 Å². The van der Waals surface area contributed by atoms with Crippen LogP contribution in [0.1, 0.15) is 11.6 Å². The smallest absolute Gasteiger partial charge is 0.325 e. The highest BCUT2D eigenvalue weighted by Gasteiger charge is 2.33. The van der Waals surface area contributed by atoms with Crippen LogP contribution in [0.15, 0.2) is 36.7 Å². The Labute approximate surface area is 152 Å². The van der Waals surface area contributed by atoms with Crippen LogP contribution in [0.3, 0.4) is 0 Å². The first-order valence-corrected chi connectivity index (χ1v) is 8.34. The second-order valence-electron chi connectivity index (χ2n) is 5.92. The first-order valence-electron chi connectivity index (χ1n) is 8.34. The Kier molecular flexibility index (Phi) is 5.52. The molecule has 0 spiro atoms. The fraction of sp³-hybridized carbons (Fsp3) is 0.389. The van der Waals surface area contributed by atoms with Crippen molar-refractivity contribution in [1.82, 2.24) is 14.9 Å². The maximum Gasteiger partial charge on any atom is 0.325 e. The van der Waals surface area contributed by atoms with Gasteiger partial charge in [-0.15, -0.1) is 0 Å². The van der Waals surface area contributed by atoms with Crippen LogP contribution in [0.25, 0.3) is 0 Å². The Balaban J connectivity index is 1.79. The minimum absolute atomic E-state index is 0.272. The van der Waals surface area contributed by atoms with Crippen LogP contribution in [0.5, 0.6) is 11.8 Å². The molecule has 8 nitrogen and oxygen atoms in total. The number of hydrogen-bond donors (Lipinski definition) is 1. The molecule has 1 unspecified atom stereocenters. The number of nitrogens with zero attached hydrogens (tertiary/aromatic N) is 4. The van der Waals surface area contributed by atoms with Gasteiger partial charge in [-0.1, -0.05) is 0 Å². The second-order valence-corrected chi connectivity index (χ2v) is 5.92. The van der Waals surface area contributed by atoms with E-state index in [1.54, 1.807) is 24.5 Å². The maximum atomic E-state index is 12.0. The predicted octanol–water partition coefficient (Wildman–Crippen LogP) is 1.44. The fourth-order valence-corrected chi connectivity index (χ4v) is 3.20. The molecule has 3 heterocycles. The molecule has 0 radical (unpaired) electrons. The van der Waals surface area contributed by atoms with Crippen LogP contribution in [0.2, 0.25) is 0 Å². The summed E-state index contributed by atoms with van der Waals surface area (Å²) >= 11 is 0. The van der Waals surface area contributed by atoms with E-state index >= 15 is 0 Å². The van der Waals surface area contributed by atoms with Crippen LogP contribution in [-0.2, 0) is 4.79 Å². The Bertz CT molecular complexity index is 748. The highest BCUT2D eigenvalue weighted by molar-refractivity contribution is 5.76. The molecule has 1 saturated heterocycles. The Morgan fingerprint density at radius 3 is 2.35 bits per heavy atom. The fourth-order valence-electron chi connectivity index (χ4n) is 3.20. The molecule has 1 aliphatic rings. The van der Waals surface area contributed by atoms with Gasteiger partial charge in [-0.25, -0.2) is 0 Å². The average Bonchev–Trinajstić information content (AvgIpc) is 2.69. The number of carboxylic acids is 1. The zero-order valence-corrected chi connectivity index (χ0v) is 14.8. The van der Waals surface area contributed by atoms with Gasteiger partial charge in [0.1, 0.15) is 6.04 Å². The lowest BCUT2D eigenvalue weighted by Gasteiger charge is -2.38. The van der Waals surface area contributed by atoms with Gasteiger partial charge in [0.15, 0.2) is 0 Å². The number of aliphatic carboxylic acids is 1. The Morgan fingerprint density at radius 2 is 1.77 bits per heavy atom. The van der Waals surface area contributed by atoms with Gasteiger partial charge >= 0.3 is 5.97 Å². The Morgan fingerprint density at radius 1 is 1.08 bits per heavy atom. The molecular formula is C18H22N4O4. The number of aromatic nitrogens is 2. The topological polar surface area (TPSA) is 88.0 Å². The van der Waals surface area contributed by atoms with E-state index in [1.165, 1.54) is 14.2 Å². The van der Waals surface area contributed by atoms with Gasteiger partial charge in [-0.3, -0.25) is 14.7 Å². The van der Waals surface area contributed by atoms with Crippen molar-refractivity contribution >= 4 is 11.7 Å². The summed E-state index contributed by atoms with van der Waals surface area (Å²) in [7, 11) is 2.99. The monoisotopic (exact) mass is 358 g/mol. The van der Waals surface area contributed by atoms with Gasteiger partial charge in [0, 0.05) is 55.9 Å². The third-order valence-electron chi connectivity index (χ3n) is 4.50. The van der Waals surface area contributed by atoms with Crippen molar-refractivity contribution < 1.29 is 19.4 Å². The van der Waals surface area contributed by atoms with Gasteiger partial charge in [-0.05, 0) is 18.2 Å². The van der Waals surface area contributed by atoms with Crippen LogP contribution in [0, 0.1) is 0 Å². The van der Waals surface area contributed by atoms with Gasteiger partial charge in [0.25, 0.3) is 0 Å². The normalized spacial score (nSPS) is 16.2. The van der Waals surface area contributed by atoms with E-state index in [0.717, 1.165) is 18.8 Å². The molecule has 0 aromatic carbocycles. The molecule has 26 heavy (non-hydrogen) atoms. The lowest BCUT2D eigenvalue weighted by atomic mass is 10.1. The number of methoxy groups -OCH3 is 2. The SMILES string of the molecule is COc1ccc(C(C(=O)O)N2CCN(c3ccncc3)CC2)c(OC)n1. The summed E-state index contributed by atoms with van der Waals surface area (Å²) in [6.45, 7) is 2.71. The zero-order chi connectivity index (χ0) is 18.5. The first-order chi connectivity index (χ1) is 12.6. The average molecular weight is 358 g/mol. The summed E-state index contributed by atoms with van der Waals surface area (Å²) in [5.41, 5.74) is 1.62. The number of ether oxygens (including phenoxy) is 2. The molecule has 1 atom stereocenters. The molecule has 138 valence electrons. The second kappa shape index (κ2) is 8.01. The highest BCUT2D eigenvalue weighted by Crippen LogP contribution is 2.31. The lowest BCUT2D eigenvalue weighted by Crippen LogP contribution is -2.49. The standard InChI is InChI=1S/C18H22N4O4/c1-25-15-4-3-14(17(20-15)26-2)16(18(23)24)22-11-9-21(10-12-22)13-5-7-19-8-6-13/h3-8,16H,9-12H2,1-2H3,(H,23,24). The molecule has 1 N–H and O–H groups in total. The first kappa shape index (κ1) is 17.9. The van der Waals surface area contributed by atoms with Crippen molar-refractivity contribution in [2.75, 3.05) is 45.3 Å². The van der Waals surface area contributed by atoms with Crippen molar-refractivity contribution in [3.8, 4) is 11.8 Å². The van der Waals surface area contributed by atoms with Crippen LogP contribution < -0.4 is 14.4 Å². The van der Waals surface area contributed by atoms with Gasteiger partial charge < -0.3 is 19.5 Å². The summed E-state index contributed by atoms with van der Waals surface area (Å²) in [4.78, 5) is 24.4. The van der Waals surface area contributed by atoms with Gasteiger partial charge in [-0.2, -0.15) is 4.98 Å². The number of rotatable bonds is 6. The summed E-state index contributed by atoms with van der Waals surface area (Å²) in [6, 6.07) is 6.46. The van der Waals surface area contributed by atoms with Crippen LogP contribution in [-0.4, -0.2) is 66.3 Å². The van der Waals surface area contributed by atoms with E-state index in [1.807, 2.05) is 17.0 Å². The molecule has 0 aliphatic carbocycles. The Hall–Kier alpha value is -2.87. The molecular weight excluding hydrogens is 336 g/mol. The van der Waals surface area contributed by atoms with E-state index in [4.69, 9.17) is 9.47 Å². The molecule has 1 fully saturated rings. The molecule has 2 aromatic rings. The summed E-state index contributed by atoms with van der Waals surface area (Å²) < 4.78 is 10.4. The van der Waals surface area contributed by atoms with E-state index in [0.29, 0.717) is 24.5 Å². The van der Waals surface area contributed by atoms with Crippen molar-refractivity contribution in [1.29, 1.82) is 0 Å². The van der Waals surface area contributed by atoms with Gasteiger partial charge in [0.2, 0.25) is 11.8 Å².